The van der Waals surface area contributed by atoms with Gasteiger partial charge in [0.2, 0.25) is 5.91 Å². The van der Waals surface area contributed by atoms with Crippen LogP contribution in [0.4, 0.5) is 0 Å². The van der Waals surface area contributed by atoms with Crippen molar-refractivity contribution in [2.24, 2.45) is 0 Å². The topological polar surface area (TPSA) is 58.6 Å². The first-order valence-corrected chi connectivity index (χ1v) is 12.8. The maximum Gasteiger partial charge on any atom is 0.261 e. The van der Waals surface area contributed by atoms with Crippen LogP contribution in [0.15, 0.2) is 36.4 Å². The molecule has 1 saturated carbocycles. The number of halogens is 2. The first kappa shape index (κ1) is 26.4. The van der Waals surface area contributed by atoms with Gasteiger partial charge >= 0.3 is 0 Å². The molecule has 2 aromatic rings. The largest absolute Gasteiger partial charge is 0.484 e. The van der Waals surface area contributed by atoms with Gasteiger partial charge in [-0.1, -0.05) is 61.5 Å². The average molecular weight is 505 g/mol. The van der Waals surface area contributed by atoms with E-state index in [1.54, 1.807) is 23.1 Å². The summed E-state index contributed by atoms with van der Waals surface area (Å²) < 4.78 is 5.84. The van der Waals surface area contributed by atoms with Gasteiger partial charge in [0.05, 0.1) is 0 Å². The summed E-state index contributed by atoms with van der Waals surface area (Å²) in [6, 6.07) is 10.6. The Labute approximate surface area is 212 Å². The van der Waals surface area contributed by atoms with Crippen molar-refractivity contribution in [3.05, 3.63) is 63.1 Å². The highest BCUT2D eigenvalue weighted by molar-refractivity contribution is 6.35. The van der Waals surface area contributed by atoms with E-state index in [9.17, 15) is 9.59 Å². The van der Waals surface area contributed by atoms with Crippen LogP contribution in [0.2, 0.25) is 10.0 Å². The SMILES string of the molecule is CCC(C(=O)NC1CCCCC1)N(Cc1ccc(Cl)cc1Cl)C(=O)COc1cc(C)cc(C)c1. The number of hydrogen-bond acceptors (Lipinski definition) is 3. The second-order valence-corrected chi connectivity index (χ2v) is 9.98. The van der Waals surface area contributed by atoms with E-state index in [1.165, 1.54) is 6.42 Å². The van der Waals surface area contributed by atoms with Gasteiger partial charge in [-0.3, -0.25) is 9.59 Å². The minimum absolute atomic E-state index is 0.126. The third kappa shape index (κ3) is 7.38. The van der Waals surface area contributed by atoms with Gasteiger partial charge in [-0.2, -0.15) is 0 Å². The van der Waals surface area contributed by atoms with E-state index in [2.05, 4.69) is 5.32 Å². The van der Waals surface area contributed by atoms with Gasteiger partial charge in [0, 0.05) is 22.6 Å². The van der Waals surface area contributed by atoms with Crippen molar-refractivity contribution in [3.8, 4) is 5.75 Å². The molecular weight excluding hydrogens is 471 g/mol. The maximum atomic E-state index is 13.4. The molecule has 0 bridgehead atoms. The third-order valence-corrected chi connectivity index (χ3v) is 6.84. The van der Waals surface area contributed by atoms with Crippen molar-refractivity contribution in [1.29, 1.82) is 0 Å². The van der Waals surface area contributed by atoms with Crippen molar-refractivity contribution in [2.75, 3.05) is 6.61 Å². The van der Waals surface area contributed by atoms with E-state index in [1.807, 2.05) is 39.0 Å². The molecule has 7 heteroatoms. The number of aryl methyl sites for hydroxylation is 2. The zero-order valence-corrected chi connectivity index (χ0v) is 21.7. The summed E-state index contributed by atoms with van der Waals surface area (Å²) in [7, 11) is 0. The summed E-state index contributed by atoms with van der Waals surface area (Å²) >= 11 is 12.5. The molecule has 1 unspecified atom stereocenters. The number of rotatable bonds is 9. The molecule has 1 aliphatic rings. The zero-order valence-electron chi connectivity index (χ0n) is 20.2. The lowest BCUT2D eigenvalue weighted by atomic mass is 9.95. The molecule has 0 radical (unpaired) electrons. The maximum absolute atomic E-state index is 13.4. The Bertz CT molecular complexity index is 985. The van der Waals surface area contributed by atoms with E-state index in [0.717, 1.165) is 42.4 Å². The molecule has 1 fully saturated rings. The van der Waals surface area contributed by atoms with Gasteiger partial charge in [-0.15, -0.1) is 0 Å². The zero-order chi connectivity index (χ0) is 24.7. The second kappa shape index (κ2) is 12.5. The molecule has 2 aromatic carbocycles. The molecule has 0 heterocycles. The Kier molecular flexibility index (Phi) is 9.66. The predicted octanol–water partition coefficient (Wildman–Crippen LogP) is 6.25. The Hall–Kier alpha value is -2.24. The number of ether oxygens (including phenoxy) is 1. The van der Waals surface area contributed by atoms with Crippen LogP contribution in [0, 0.1) is 13.8 Å². The second-order valence-electron chi connectivity index (χ2n) is 9.14. The van der Waals surface area contributed by atoms with Crippen LogP contribution in [-0.4, -0.2) is 35.4 Å². The summed E-state index contributed by atoms with van der Waals surface area (Å²) in [6.07, 6.45) is 5.89. The standard InChI is InChI=1S/C27H34Cl2N2O3/c1-4-25(27(33)30-22-8-6-5-7-9-22)31(16-20-10-11-21(28)15-24(20)29)26(32)17-34-23-13-18(2)12-19(3)14-23/h10-15,22,25H,4-9,16-17H2,1-3H3,(H,30,33). The van der Waals surface area contributed by atoms with Gasteiger partial charge < -0.3 is 15.0 Å². The van der Waals surface area contributed by atoms with Crippen LogP contribution in [0.25, 0.3) is 0 Å². The van der Waals surface area contributed by atoms with Crippen LogP contribution in [0.3, 0.4) is 0 Å². The minimum Gasteiger partial charge on any atom is -0.484 e. The molecule has 2 amide bonds. The number of hydrogen-bond donors (Lipinski definition) is 1. The summed E-state index contributed by atoms with van der Waals surface area (Å²) in [6.45, 7) is 5.92. The normalized spacial score (nSPS) is 15.0. The molecule has 1 N–H and O–H groups in total. The van der Waals surface area contributed by atoms with E-state index < -0.39 is 6.04 Å². The lowest BCUT2D eigenvalue weighted by molar-refractivity contribution is -0.143. The number of carbonyl (C=O) groups is 2. The highest BCUT2D eigenvalue weighted by Gasteiger charge is 2.31. The Balaban J connectivity index is 1.80. The van der Waals surface area contributed by atoms with Crippen molar-refractivity contribution in [2.45, 2.75) is 77.9 Å². The molecular formula is C27H34Cl2N2O3. The van der Waals surface area contributed by atoms with E-state index in [-0.39, 0.29) is 31.0 Å². The Morgan fingerprint density at radius 2 is 1.74 bits per heavy atom. The van der Waals surface area contributed by atoms with Crippen molar-refractivity contribution in [1.82, 2.24) is 10.2 Å². The Morgan fingerprint density at radius 1 is 1.06 bits per heavy atom. The molecule has 184 valence electrons. The number of nitrogens with one attached hydrogen (secondary N) is 1. The number of nitrogens with zero attached hydrogens (tertiary/aromatic N) is 1. The lowest BCUT2D eigenvalue weighted by Gasteiger charge is -2.33. The molecule has 1 atom stereocenters. The van der Waals surface area contributed by atoms with E-state index in [4.69, 9.17) is 27.9 Å². The van der Waals surface area contributed by atoms with Crippen LogP contribution in [-0.2, 0) is 16.1 Å². The first-order chi connectivity index (χ1) is 16.3. The monoisotopic (exact) mass is 504 g/mol. The van der Waals surface area contributed by atoms with Crippen LogP contribution >= 0.6 is 23.2 Å². The van der Waals surface area contributed by atoms with Crippen LogP contribution < -0.4 is 10.1 Å². The number of carbonyl (C=O) groups excluding carboxylic acids is 2. The fourth-order valence-corrected chi connectivity index (χ4v) is 5.01. The lowest BCUT2D eigenvalue weighted by Crippen LogP contribution is -2.52. The van der Waals surface area contributed by atoms with Gasteiger partial charge in [0.25, 0.3) is 5.91 Å². The molecule has 3 rings (SSSR count). The fraction of sp³-hybridized carbons (Fsp3) is 0.481. The van der Waals surface area contributed by atoms with Crippen LogP contribution in [0.5, 0.6) is 5.75 Å². The van der Waals surface area contributed by atoms with Crippen LogP contribution in [0.1, 0.15) is 62.1 Å². The van der Waals surface area contributed by atoms with Crippen molar-refractivity contribution in [3.63, 3.8) is 0 Å². The number of benzene rings is 2. The number of amides is 2. The third-order valence-electron chi connectivity index (χ3n) is 6.25. The summed E-state index contributed by atoms with van der Waals surface area (Å²) in [5, 5.41) is 4.16. The van der Waals surface area contributed by atoms with Gasteiger partial charge in [-0.05, 0) is 74.1 Å². The highest BCUT2D eigenvalue weighted by atomic mass is 35.5. The molecule has 0 saturated heterocycles. The van der Waals surface area contributed by atoms with Gasteiger partial charge in [0.1, 0.15) is 11.8 Å². The van der Waals surface area contributed by atoms with E-state index in [0.29, 0.717) is 22.2 Å². The molecule has 5 nitrogen and oxygen atoms in total. The van der Waals surface area contributed by atoms with Gasteiger partial charge in [0.15, 0.2) is 6.61 Å². The Morgan fingerprint density at radius 3 is 2.35 bits per heavy atom. The summed E-state index contributed by atoms with van der Waals surface area (Å²) in [5.41, 5.74) is 2.85. The molecule has 1 aliphatic carbocycles. The molecule has 0 aromatic heterocycles. The van der Waals surface area contributed by atoms with Crippen molar-refractivity contribution >= 4 is 35.0 Å². The predicted molar refractivity (Wildman–Crippen MR) is 138 cm³/mol. The van der Waals surface area contributed by atoms with E-state index >= 15 is 0 Å². The molecule has 0 spiro atoms. The summed E-state index contributed by atoms with van der Waals surface area (Å²) in [4.78, 5) is 28.3. The quantitative estimate of drug-likeness (QED) is 0.439. The highest BCUT2D eigenvalue weighted by Crippen LogP contribution is 2.25. The molecule has 0 aliphatic heterocycles. The summed E-state index contributed by atoms with van der Waals surface area (Å²) in [5.74, 6) is 0.241. The minimum atomic E-state index is -0.621. The first-order valence-electron chi connectivity index (χ1n) is 12.0. The molecule has 34 heavy (non-hydrogen) atoms. The smallest absolute Gasteiger partial charge is 0.261 e. The van der Waals surface area contributed by atoms with Crippen molar-refractivity contribution < 1.29 is 14.3 Å². The van der Waals surface area contributed by atoms with Gasteiger partial charge in [-0.25, -0.2) is 0 Å². The fourth-order valence-electron chi connectivity index (χ4n) is 4.54. The average Bonchev–Trinajstić information content (AvgIpc) is 2.79.